The van der Waals surface area contributed by atoms with Gasteiger partial charge in [-0.2, -0.15) is 4.98 Å². The maximum atomic E-state index is 10.7. The first kappa shape index (κ1) is 13.8. The number of nitro groups is 1. The fraction of sp³-hybridized carbons (Fsp3) is 0.154. The number of fused-ring (bicyclic) bond motifs is 1. The van der Waals surface area contributed by atoms with Gasteiger partial charge in [0.15, 0.2) is 5.58 Å². The minimum atomic E-state index is -0.467. The van der Waals surface area contributed by atoms with Gasteiger partial charge < -0.3 is 9.73 Å². The maximum absolute atomic E-state index is 10.7. The minimum Gasteiger partial charge on any atom is -0.423 e. The largest absolute Gasteiger partial charge is 0.423 e. The van der Waals surface area contributed by atoms with Gasteiger partial charge in [0.25, 0.3) is 11.7 Å². The Morgan fingerprint density at radius 2 is 2.24 bits per heavy atom. The first-order chi connectivity index (χ1) is 10.0. The normalized spacial score (nSPS) is 12.5. The SMILES string of the molecule is CC(Nc1nc2ccc([N+](=O)[O-])cc2o1)c1ccc(Cl)s1. The van der Waals surface area contributed by atoms with Crippen LogP contribution in [-0.2, 0) is 0 Å². The molecule has 0 bridgehead atoms. The van der Waals surface area contributed by atoms with Gasteiger partial charge >= 0.3 is 0 Å². The van der Waals surface area contributed by atoms with E-state index in [1.807, 2.05) is 19.1 Å². The molecule has 1 unspecified atom stereocenters. The minimum absolute atomic E-state index is 0.0226. The molecule has 0 saturated carbocycles. The third-order valence-corrected chi connectivity index (χ3v) is 4.36. The van der Waals surface area contributed by atoms with Gasteiger partial charge in [0.1, 0.15) is 5.52 Å². The Hall–Kier alpha value is -2.12. The molecule has 0 aliphatic heterocycles. The maximum Gasteiger partial charge on any atom is 0.296 e. The number of nitrogens with one attached hydrogen (secondary N) is 1. The van der Waals surface area contributed by atoms with Crippen molar-refractivity contribution in [2.45, 2.75) is 13.0 Å². The molecule has 2 heterocycles. The number of anilines is 1. The van der Waals surface area contributed by atoms with Gasteiger partial charge in [0, 0.05) is 10.9 Å². The topological polar surface area (TPSA) is 81.2 Å². The molecule has 8 heteroatoms. The van der Waals surface area contributed by atoms with E-state index in [-0.39, 0.29) is 11.7 Å². The second kappa shape index (κ2) is 5.34. The standard InChI is InChI=1S/C13H10ClN3O3S/c1-7(11-4-5-12(14)21-11)15-13-16-9-3-2-8(17(18)19)6-10(9)20-13/h2-7H,1H3,(H,15,16). The number of halogens is 1. The monoisotopic (exact) mass is 323 g/mol. The molecule has 1 N–H and O–H groups in total. The zero-order chi connectivity index (χ0) is 15.0. The molecule has 0 amide bonds. The summed E-state index contributed by atoms with van der Waals surface area (Å²) in [7, 11) is 0. The number of nitro benzene ring substituents is 1. The van der Waals surface area contributed by atoms with Crippen molar-refractivity contribution in [3.05, 3.63) is 49.7 Å². The molecule has 2 aromatic heterocycles. The summed E-state index contributed by atoms with van der Waals surface area (Å²) in [4.78, 5) is 15.6. The molecule has 0 radical (unpaired) electrons. The van der Waals surface area contributed by atoms with Crippen LogP contribution < -0.4 is 5.32 Å². The fourth-order valence-electron chi connectivity index (χ4n) is 1.91. The molecule has 1 aromatic carbocycles. The Labute approximate surface area is 128 Å². The first-order valence-corrected chi connectivity index (χ1v) is 7.29. The van der Waals surface area contributed by atoms with E-state index in [4.69, 9.17) is 16.0 Å². The number of non-ortho nitro benzene ring substituents is 1. The van der Waals surface area contributed by atoms with Gasteiger partial charge in [-0.1, -0.05) is 11.6 Å². The van der Waals surface area contributed by atoms with Crippen molar-refractivity contribution >= 4 is 45.7 Å². The zero-order valence-corrected chi connectivity index (χ0v) is 12.4. The van der Waals surface area contributed by atoms with Crippen molar-refractivity contribution in [2.75, 3.05) is 5.32 Å². The molecular formula is C13H10ClN3O3S. The number of hydrogen-bond donors (Lipinski definition) is 1. The van der Waals surface area contributed by atoms with Gasteiger partial charge in [-0.25, -0.2) is 0 Å². The van der Waals surface area contributed by atoms with Crippen molar-refractivity contribution < 1.29 is 9.34 Å². The number of thiophene rings is 1. The molecule has 0 aliphatic carbocycles. The molecule has 21 heavy (non-hydrogen) atoms. The van der Waals surface area contributed by atoms with Crippen molar-refractivity contribution in [1.82, 2.24) is 4.98 Å². The zero-order valence-electron chi connectivity index (χ0n) is 10.9. The van der Waals surface area contributed by atoms with Crippen LogP contribution in [0.5, 0.6) is 0 Å². The highest BCUT2D eigenvalue weighted by Gasteiger charge is 2.14. The number of aromatic nitrogens is 1. The second-order valence-corrected chi connectivity index (χ2v) is 6.18. The average molecular weight is 324 g/mol. The third-order valence-electron chi connectivity index (χ3n) is 2.94. The van der Waals surface area contributed by atoms with Crippen molar-refractivity contribution in [1.29, 1.82) is 0 Å². The summed E-state index contributed by atoms with van der Waals surface area (Å²) in [5.74, 6) is 0. The first-order valence-electron chi connectivity index (χ1n) is 6.09. The van der Waals surface area contributed by atoms with Gasteiger partial charge in [-0.3, -0.25) is 10.1 Å². The Morgan fingerprint density at radius 3 is 2.90 bits per heavy atom. The van der Waals surface area contributed by atoms with E-state index >= 15 is 0 Å². The predicted molar refractivity (Wildman–Crippen MR) is 82.0 cm³/mol. The van der Waals surface area contributed by atoms with Crippen LogP contribution in [0.2, 0.25) is 4.34 Å². The van der Waals surface area contributed by atoms with Crippen LogP contribution in [0, 0.1) is 10.1 Å². The number of oxazole rings is 1. The Kier molecular flexibility index (Phi) is 3.52. The Morgan fingerprint density at radius 1 is 1.43 bits per heavy atom. The molecule has 0 fully saturated rings. The quantitative estimate of drug-likeness (QED) is 0.559. The van der Waals surface area contributed by atoms with Gasteiger partial charge in [0.2, 0.25) is 0 Å². The second-order valence-electron chi connectivity index (χ2n) is 4.44. The highest BCUT2D eigenvalue weighted by atomic mass is 35.5. The van der Waals surface area contributed by atoms with Crippen LogP contribution in [-0.4, -0.2) is 9.91 Å². The van der Waals surface area contributed by atoms with E-state index in [9.17, 15) is 10.1 Å². The van der Waals surface area contributed by atoms with Crippen LogP contribution in [0.25, 0.3) is 11.1 Å². The van der Waals surface area contributed by atoms with Crippen molar-refractivity contribution in [3.63, 3.8) is 0 Å². The summed E-state index contributed by atoms with van der Waals surface area (Å²) in [6.45, 7) is 1.96. The molecule has 0 aliphatic rings. The van der Waals surface area contributed by atoms with E-state index in [1.54, 1.807) is 6.07 Å². The smallest absolute Gasteiger partial charge is 0.296 e. The lowest BCUT2D eigenvalue weighted by Crippen LogP contribution is -2.04. The van der Waals surface area contributed by atoms with Crippen LogP contribution in [0.1, 0.15) is 17.8 Å². The van der Waals surface area contributed by atoms with Crippen LogP contribution in [0.15, 0.2) is 34.7 Å². The predicted octanol–water partition coefficient (Wildman–Crippen LogP) is 4.62. The molecule has 0 spiro atoms. The van der Waals surface area contributed by atoms with Crippen LogP contribution in [0.3, 0.4) is 0 Å². The molecule has 6 nitrogen and oxygen atoms in total. The average Bonchev–Trinajstić information content (AvgIpc) is 3.03. The lowest BCUT2D eigenvalue weighted by molar-refractivity contribution is -0.384. The third kappa shape index (κ3) is 2.84. The fourth-order valence-corrected chi connectivity index (χ4v) is 2.97. The summed E-state index contributed by atoms with van der Waals surface area (Å²) in [5.41, 5.74) is 0.922. The summed E-state index contributed by atoms with van der Waals surface area (Å²) in [5, 5.41) is 13.8. The molecule has 3 aromatic rings. The van der Waals surface area contributed by atoms with E-state index < -0.39 is 4.92 Å². The molecule has 3 rings (SSSR count). The van der Waals surface area contributed by atoms with Crippen LogP contribution in [0.4, 0.5) is 11.7 Å². The molecule has 1 atom stereocenters. The van der Waals surface area contributed by atoms with Crippen molar-refractivity contribution in [3.8, 4) is 0 Å². The van der Waals surface area contributed by atoms with Gasteiger partial charge in [0.05, 0.1) is 21.4 Å². The van der Waals surface area contributed by atoms with E-state index in [1.165, 1.54) is 23.5 Å². The number of nitrogens with zero attached hydrogens (tertiary/aromatic N) is 2. The van der Waals surface area contributed by atoms with E-state index in [2.05, 4.69) is 10.3 Å². The van der Waals surface area contributed by atoms with E-state index in [0.717, 1.165) is 4.88 Å². The summed E-state index contributed by atoms with van der Waals surface area (Å²) in [6, 6.07) is 8.38. The number of rotatable bonds is 4. The Balaban J connectivity index is 1.85. The van der Waals surface area contributed by atoms with Crippen LogP contribution >= 0.6 is 22.9 Å². The highest BCUT2D eigenvalue weighted by Crippen LogP contribution is 2.30. The van der Waals surface area contributed by atoms with Gasteiger partial charge in [-0.15, -0.1) is 11.3 Å². The number of benzene rings is 1. The number of hydrogen-bond acceptors (Lipinski definition) is 6. The Bertz CT molecular complexity index is 814. The summed E-state index contributed by atoms with van der Waals surface area (Å²) in [6.07, 6.45) is 0. The highest BCUT2D eigenvalue weighted by molar-refractivity contribution is 7.16. The molecular weight excluding hydrogens is 314 g/mol. The lowest BCUT2D eigenvalue weighted by Gasteiger charge is -2.08. The van der Waals surface area contributed by atoms with Crippen molar-refractivity contribution in [2.24, 2.45) is 0 Å². The summed E-state index contributed by atoms with van der Waals surface area (Å²) >= 11 is 7.38. The lowest BCUT2D eigenvalue weighted by atomic mass is 10.3. The van der Waals surface area contributed by atoms with Gasteiger partial charge in [-0.05, 0) is 25.1 Å². The molecule has 0 saturated heterocycles. The van der Waals surface area contributed by atoms with E-state index in [0.29, 0.717) is 21.5 Å². The molecule has 108 valence electrons. The summed E-state index contributed by atoms with van der Waals surface area (Å²) < 4.78 is 6.22.